The van der Waals surface area contributed by atoms with Crippen molar-refractivity contribution in [1.29, 1.82) is 0 Å². The van der Waals surface area contributed by atoms with Crippen LogP contribution < -0.4 is 5.32 Å². The molecule has 2 N–H and O–H groups in total. The molecule has 0 bridgehead atoms. The molecule has 0 amide bonds. The fourth-order valence-electron chi connectivity index (χ4n) is 1.63. The van der Waals surface area contributed by atoms with Crippen molar-refractivity contribution in [3.05, 3.63) is 47.3 Å². The van der Waals surface area contributed by atoms with E-state index in [4.69, 9.17) is 0 Å². The number of carbonyl (C=O) groups excluding carboxylic acids is 1. The van der Waals surface area contributed by atoms with Crippen molar-refractivity contribution in [1.82, 2.24) is 10.2 Å². The van der Waals surface area contributed by atoms with Gasteiger partial charge < -0.3 is 10.1 Å². The summed E-state index contributed by atoms with van der Waals surface area (Å²) in [5.41, 5.74) is 3.54. The van der Waals surface area contributed by atoms with Crippen LogP contribution in [0.4, 0.5) is 5.69 Å². The van der Waals surface area contributed by atoms with Gasteiger partial charge >= 0.3 is 5.97 Å². The molecule has 0 aliphatic rings. The number of benzene rings is 1. The number of esters is 1. The Bertz CT molecular complexity index is 549. The first-order valence-electron chi connectivity index (χ1n) is 5.62. The van der Waals surface area contributed by atoms with Gasteiger partial charge in [0.05, 0.1) is 18.9 Å². The van der Waals surface area contributed by atoms with E-state index < -0.39 is 0 Å². The van der Waals surface area contributed by atoms with Gasteiger partial charge in [0.15, 0.2) is 0 Å². The maximum atomic E-state index is 11.4. The predicted octanol–water partition coefficient (Wildman–Crippen LogP) is 2.12. The summed E-state index contributed by atoms with van der Waals surface area (Å²) in [6.07, 6.45) is 1.78. The molecule has 18 heavy (non-hydrogen) atoms. The number of nitrogens with zero attached hydrogens (tertiary/aromatic N) is 1. The molecule has 0 atom stereocenters. The molecule has 0 spiro atoms. The zero-order chi connectivity index (χ0) is 13.0. The van der Waals surface area contributed by atoms with Gasteiger partial charge in [0.1, 0.15) is 0 Å². The zero-order valence-electron chi connectivity index (χ0n) is 10.4. The minimum Gasteiger partial charge on any atom is -0.465 e. The first-order valence-corrected chi connectivity index (χ1v) is 5.62. The van der Waals surface area contributed by atoms with Gasteiger partial charge in [0.25, 0.3) is 0 Å². The molecule has 0 radical (unpaired) electrons. The third-order valence-electron chi connectivity index (χ3n) is 2.70. The van der Waals surface area contributed by atoms with Crippen LogP contribution in [0.3, 0.4) is 0 Å². The first-order chi connectivity index (χ1) is 8.70. The number of anilines is 1. The fourth-order valence-corrected chi connectivity index (χ4v) is 1.63. The van der Waals surface area contributed by atoms with Crippen molar-refractivity contribution in [2.75, 3.05) is 12.4 Å². The Morgan fingerprint density at radius 2 is 2.33 bits per heavy atom. The SMILES string of the molecule is COC(=O)c1cccc(NCc2cn[nH]c2C)c1. The zero-order valence-corrected chi connectivity index (χ0v) is 10.4. The van der Waals surface area contributed by atoms with E-state index in [1.807, 2.05) is 19.1 Å². The molecule has 5 nitrogen and oxygen atoms in total. The lowest BCUT2D eigenvalue weighted by molar-refractivity contribution is 0.0601. The lowest BCUT2D eigenvalue weighted by Crippen LogP contribution is -2.04. The summed E-state index contributed by atoms with van der Waals surface area (Å²) in [6.45, 7) is 2.63. The van der Waals surface area contributed by atoms with E-state index in [0.29, 0.717) is 12.1 Å². The maximum absolute atomic E-state index is 11.4. The van der Waals surface area contributed by atoms with Crippen molar-refractivity contribution in [3.63, 3.8) is 0 Å². The van der Waals surface area contributed by atoms with Crippen molar-refractivity contribution in [3.8, 4) is 0 Å². The Kier molecular flexibility index (Phi) is 3.62. The van der Waals surface area contributed by atoms with E-state index in [1.54, 1.807) is 18.3 Å². The molecule has 0 saturated heterocycles. The molecule has 0 fully saturated rings. The third-order valence-corrected chi connectivity index (χ3v) is 2.70. The van der Waals surface area contributed by atoms with E-state index in [1.165, 1.54) is 7.11 Å². The predicted molar refractivity (Wildman–Crippen MR) is 68.4 cm³/mol. The van der Waals surface area contributed by atoms with Crippen molar-refractivity contribution < 1.29 is 9.53 Å². The van der Waals surface area contributed by atoms with Crippen LogP contribution in [0.2, 0.25) is 0 Å². The molecule has 5 heteroatoms. The molecule has 0 saturated carbocycles. The monoisotopic (exact) mass is 245 g/mol. The summed E-state index contributed by atoms with van der Waals surface area (Å²) in [4.78, 5) is 11.4. The van der Waals surface area contributed by atoms with Crippen molar-refractivity contribution >= 4 is 11.7 Å². The van der Waals surface area contributed by atoms with Gasteiger partial charge in [-0.05, 0) is 25.1 Å². The van der Waals surface area contributed by atoms with Gasteiger partial charge in [-0.2, -0.15) is 5.10 Å². The summed E-state index contributed by atoms with van der Waals surface area (Å²) in [5.74, 6) is -0.335. The summed E-state index contributed by atoms with van der Waals surface area (Å²) >= 11 is 0. The number of methoxy groups -OCH3 is 1. The number of rotatable bonds is 4. The molecular formula is C13H15N3O2. The van der Waals surface area contributed by atoms with Gasteiger partial charge in [-0.15, -0.1) is 0 Å². The van der Waals surface area contributed by atoms with Gasteiger partial charge in [-0.1, -0.05) is 6.07 Å². The van der Waals surface area contributed by atoms with Crippen LogP contribution in [0.5, 0.6) is 0 Å². The molecule has 1 aromatic carbocycles. The standard InChI is InChI=1S/C13H15N3O2/c1-9-11(8-15-16-9)7-14-12-5-3-4-10(6-12)13(17)18-2/h3-6,8,14H,7H2,1-2H3,(H,15,16). The minimum absolute atomic E-state index is 0.335. The van der Waals surface area contributed by atoms with Crippen LogP contribution in [-0.4, -0.2) is 23.3 Å². The summed E-state index contributed by atoms with van der Waals surface area (Å²) in [5, 5.41) is 10.1. The Labute approximate surface area is 105 Å². The van der Waals surface area contributed by atoms with Gasteiger partial charge in [0.2, 0.25) is 0 Å². The number of aryl methyl sites for hydroxylation is 1. The number of ether oxygens (including phenoxy) is 1. The summed E-state index contributed by atoms with van der Waals surface area (Å²) in [6, 6.07) is 7.21. The number of aromatic amines is 1. The smallest absolute Gasteiger partial charge is 0.337 e. The Morgan fingerprint density at radius 1 is 1.50 bits per heavy atom. The highest BCUT2D eigenvalue weighted by atomic mass is 16.5. The summed E-state index contributed by atoms with van der Waals surface area (Å²) < 4.78 is 4.68. The molecular weight excluding hydrogens is 230 g/mol. The average molecular weight is 245 g/mol. The lowest BCUT2D eigenvalue weighted by atomic mass is 10.2. The topological polar surface area (TPSA) is 67.0 Å². The molecule has 2 rings (SSSR count). The minimum atomic E-state index is -0.335. The highest BCUT2D eigenvalue weighted by Gasteiger charge is 2.06. The van der Waals surface area contributed by atoms with Crippen LogP contribution in [-0.2, 0) is 11.3 Å². The molecule has 2 aromatic rings. The quantitative estimate of drug-likeness (QED) is 0.810. The molecule has 0 aliphatic carbocycles. The normalized spacial score (nSPS) is 10.1. The number of nitrogens with one attached hydrogen (secondary N) is 2. The van der Waals surface area contributed by atoms with Crippen LogP contribution >= 0.6 is 0 Å². The second kappa shape index (κ2) is 5.35. The summed E-state index contributed by atoms with van der Waals surface area (Å²) in [7, 11) is 1.37. The van der Waals surface area contributed by atoms with E-state index in [0.717, 1.165) is 16.9 Å². The Hall–Kier alpha value is -2.30. The number of H-pyrrole nitrogens is 1. The second-order valence-corrected chi connectivity index (χ2v) is 3.95. The fraction of sp³-hybridized carbons (Fsp3) is 0.231. The van der Waals surface area contributed by atoms with Crippen LogP contribution in [0.25, 0.3) is 0 Å². The van der Waals surface area contributed by atoms with Gasteiger partial charge in [-0.25, -0.2) is 4.79 Å². The van der Waals surface area contributed by atoms with Gasteiger partial charge in [0, 0.05) is 23.5 Å². The Morgan fingerprint density at radius 3 is 3.00 bits per heavy atom. The molecule has 94 valence electrons. The van der Waals surface area contributed by atoms with E-state index in [-0.39, 0.29) is 5.97 Å². The first kappa shape index (κ1) is 12.2. The van der Waals surface area contributed by atoms with E-state index >= 15 is 0 Å². The van der Waals surface area contributed by atoms with Crippen LogP contribution in [0.15, 0.2) is 30.5 Å². The Balaban J connectivity index is 2.06. The second-order valence-electron chi connectivity index (χ2n) is 3.95. The van der Waals surface area contributed by atoms with Crippen molar-refractivity contribution in [2.45, 2.75) is 13.5 Å². The average Bonchev–Trinajstić information content (AvgIpc) is 2.81. The van der Waals surface area contributed by atoms with Crippen molar-refractivity contribution in [2.24, 2.45) is 0 Å². The maximum Gasteiger partial charge on any atom is 0.337 e. The van der Waals surface area contributed by atoms with Crippen LogP contribution in [0, 0.1) is 6.92 Å². The molecule has 1 aromatic heterocycles. The number of hydrogen-bond acceptors (Lipinski definition) is 4. The van der Waals surface area contributed by atoms with Gasteiger partial charge in [-0.3, -0.25) is 5.10 Å². The van der Waals surface area contributed by atoms with E-state index in [2.05, 4.69) is 20.3 Å². The number of hydrogen-bond donors (Lipinski definition) is 2. The van der Waals surface area contributed by atoms with E-state index in [9.17, 15) is 4.79 Å². The largest absolute Gasteiger partial charge is 0.465 e. The highest BCUT2D eigenvalue weighted by Crippen LogP contribution is 2.13. The highest BCUT2D eigenvalue weighted by molar-refractivity contribution is 5.90. The third kappa shape index (κ3) is 2.68. The molecule has 0 aliphatic heterocycles. The molecule has 0 unspecified atom stereocenters. The van der Waals surface area contributed by atoms with Crippen LogP contribution in [0.1, 0.15) is 21.6 Å². The number of aromatic nitrogens is 2. The lowest BCUT2D eigenvalue weighted by Gasteiger charge is -2.07. The number of carbonyl (C=O) groups is 1. The molecule has 1 heterocycles.